The second-order valence-corrected chi connectivity index (χ2v) is 4.99. The van der Waals surface area contributed by atoms with Gasteiger partial charge in [0.25, 0.3) is 0 Å². The molecule has 1 N–H and O–H groups in total. The molecule has 6 heteroatoms. The Bertz CT molecular complexity index is 709. The van der Waals surface area contributed by atoms with Gasteiger partial charge in [0, 0.05) is 0 Å². The van der Waals surface area contributed by atoms with Gasteiger partial charge in [0.2, 0.25) is 0 Å². The third-order valence-electron chi connectivity index (χ3n) is 3.32. The van der Waals surface area contributed by atoms with Crippen molar-refractivity contribution in [2.24, 2.45) is 0 Å². The summed E-state index contributed by atoms with van der Waals surface area (Å²) in [6, 6.07) is 15.1. The summed E-state index contributed by atoms with van der Waals surface area (Å²) in [5, 5.41) is 21.1. The highest BCUT2D eigenvalue weighted by atomic mass is 16.5. The molecule has 1 unspecified atom stereocenters. The molecule has 0 aliphatic heterocycles. The van der Waals surface area contributed by atoms with E-state index in [1.165, 1.54) is 6.33 Å². The first-order valence-corrected chi connectivity index (χ1v) is 6.93. The van der Waals surface area contributed by atoms with Crippen LogP contribution in [-0.2, 0) is 0 Å². The zero-order valence-electron chi connectivity index (χ0n) is 12.1. The van der Waals surface area contributed by atoms with Crippen molar-refractivity contribution >= 4 is 0 Å². The molecule has 0 bridgehead atoms. The Balaban J connectivity index is 1.60. The van der Waals surface area contributed by atoms with Crippen LogP contribution in [0, 0.1) is 6.92 Å². The molecule has 2 aromatic carbocycles. The molecular weight excluding hydrogens is 280 g/mol. The maximum atomic E-state index is 10.1. The van der Waals surface area contributed by atoms with Gasteiger partial charge in [-0.1, -0.05) is 29.8 Å². The molecule has 1 heterocycles. The molecule has 0 aliphatic carbocycles. The number of tetrazole rings is 1. The number of hydrogen-bond acceptors (Lipinski definition) is 5. The number of nitrogens with zero attached hydrogens (tertiary/aromatic N) is 4. The highest BCUT2D eigenvalue weighted by Gasteiger charge is 2.08. The largest absolute Gasteiger partial charge is 0.491 e. The van der Waals surface area contributed by atoms with Crippen molar-refractivity contribution in [1.29, 1.82) is 0 Å². The molecule has 22 heavy (non-hydrogen) atoms. The van der Waals surface area contributed by atoms with Crippen molar-refractivity contribution in [2.75, 3.05) is 6.61 Å². The van der Waals surface area contributed by atoms with Gasteiger partial charge in [0.1, 0.15) is 24.8 Å². The van der Waals surface area contributed by atoms with E-state index < -0.39 is 6.10 Å². The Hall–Kier alpha value is -2.73. The Labute approximate surface area is 128 Å². The zero-order chi connectivity index (χ0) is 15.4. The molecule has 0 amide bonds. The molecule has 3 aromatic rings. The minimum atomic E-state index is -0.653. The van der Waals surface area contributed by atoms with Gasteiger partial charge < -0.3 is 9.84 Å². The van der Waals surface area contributed by atoms with Crippen LogP contribution in [0.2, 0.25) is 0 Å². The molecule has 0 saturated heterocycles. The van der Waals surface area contributed by atoms with E-state index in [0.29, 0.717) is 5.75 Å². The summed E-state index contributed by atoms with van der Waals surface area (Å²) in [5.74, 6) is 0.683. The zero-order valence-corrected chi connectivity index (χ0v) is 12.1. The predicted molar refractivity (Wildman–Crippen MR) is 80.8 cm³/mol. The number of rotatable bonds is 5. The SMILES string of the molecule is Cc1ccc(C(O)COc2ccc(-n3cnnn3)cc2)cc1. The fourth-order valence-electron chi connectivity index (χ4n) is 2.03. The van der Waals surface area contributed by atoms with Crippen molar-refractivity contribution in [1.82, 2.24) is 20.2 Å². The van der Waals surface area contributed by atoms with Crippen LogP contribution in [-0.4, -0.2) is 31.9 Å². The monoisotopic (exact) mass is 296 g/mol. The van der Waals surface area contributed by atoms with E-state index in [-0.39, 0.29) is 6.61 Å². The molecule has 1 aromatic heterocycles. The van der Waals surface area contributed by atoms with Gasteiger partial charge in [-0.2, -0.15) is 0 Å². The molecule has 0 spiro atoms. The van der Waals surface area contributed by atoms with Gasteiger partial charge >= 0.3 is 0 Å². The molecule has 0 fully saturated rings. The van der Waals surface area contributed by atoms with Gasteiger partial charge in [0.05, 0.1) is 5.69 Å². The van der Waals surface area contributed by atoms with Gasteiger partial charge in [-0.3, -0.25) is 0 Å². The van der Waals surface area contributed by atoms with Gasteiger partial charge in [-0.15, -0.1) is 5.10 Å². The Morgan fingerprint density at radius 3 is 2.45 bits per heavy atom. The van der Waals surface area contributed by atoms with Gasteiger partial charge in [-0.25, -0.2) is 4.68 Å². The summed E-state index contributed by atoms with van der Waals surface area (Å²) in [6.45, 7) is 2.21. The quantitative estimate of drug-likeness (QED) is 0.780. The van der Waals surface area contributed by atoms with Gasteiger partial charge in [0.15, 0.2) is 0 Å². The topological polar surface area (TPSA) is 73.1 Å². The van der Waals surface area contributed by atoms with Crippen LogP contribution in [0.3, 0.4) is 0 Å². The van der Waals surface area contributed by atoms with Crippen molar-refractivity contribution < 1.29 is 9.84 Å². The smallest absolute Gasteiger partial charge is 0.143 e. The number of ether oxygens (including phenoxy) is 1. The maximum Gasteiger partial charge on any atom is 0.143 e. The lowest BCUT2D eigenvalue weighted by atomic mass is 10.1. The first-order chi connectivity index (χ1) is 10.7. The number of aliphatic hydroxyl groups is 1. The molecule has 3 rings (SSSR count). The molecule has 1 atom stereocenters. The van der Waals surface area contributed by atoms with Crippen LogP contribution in [0.4, 0.5) is 0 Å². The van der Waals surface area contributed by atoms with Crippen LogP contribution in [0.15, 0.2) is 54.9 Å². The fourth-order valence-corrected chi connectivity index (χ4v) is 2.03. The lowest BCUT2D eigenvalue weighted by molar-refractivity contribution is 0.108. The minimum Gasteiger partial charge on any atom is -0.491 e. The second kappa shape index (κ2) is 6.36. The van der Waals surface area contributed by atoms with Gasteiger partial charge in [-0.05, 0) is 47.2 Å². The lowest BCUT2D eigenvalue weighted by Gasteiger charge is -2.13. The van der Waals surface area contributed by atoms with Crippen LogP contribution in [0.1, 0.15) is 17.2 Å². The van der Waals surface area contributed by atoms with Crippen molar-refractivity contribution in [3.05, 3.63) is 66.0 Å². The normalized spacial score (nSPS) is 12.1. The lowest BCUT2D eigenvalue weighted by Crippen LogP contribution is -2.09. The Morgan fingerprint density at radius 2 is 1.82 bits per heavy atom. The number of aliphatic hydroxyl groups excluding tert-OH is 1. The van der Waals surface area contributed by atoms with E-state index in [0.717, 1.165) is 16.8 Å². The van der Waals surface area contributed by atoms with Crippen LogP contribution >= 0.6 is 0 Å². The van der Waals surface area contributed by atoms with E-state index >= 15 is 0 Å². The average molecular weight is 296 g/mol. The first-order valence-electron chi connectivity index (χ1n) is 6.93. The fraction of sp³-hybridized carbons (Fsp3) is 0.188. The molecule has 0 saturated carbocycles. The number of aryl methyl sites for hydroxylation is 1. The van der Waals surface area contributed by atoms with E-state index in [1.54, 1.807) is 4.68 Å². The van der Waals surface area contributed by atoms with E-state index in [4.69, 9.17) is 4.74 Å². The summed E-state index contributed by atoms with van der Waals surface area (Å²) in [4.78, 5) is 0. The maximum absolute atomic E-state index is 10.1. The second-order valence-electron chi connectivity index (χ2n) is 4.99. The van der Waals surface area contributed by atoms with Crippen molar-refractivity contribution in [3.63, 3.8) is 0 Å². The Kier molecular flexibility index (Phi) is 4.11. The first kappa shape index (κ1) is 14.2. The van der Waals surface area contributed by atoms with Crippen LogP contribution in [0.5, 0.6) is 5.75 Å². The molecular formula is C16H16N4O2. The Morgan fingerprint density at radius 1 is 1.09 bits per heavy atom. The molecule has 0 radical (unpaired) electrons. The summed E-state index contributed by atoms with van der Waals surface area (Å²) in [7, 11) is 0. The van der Waals surface area contributed by atoms with E-state index in [9.17, 15) is 5.11 Å². The molecule has 0 aliphatic rings. The third kappa shape index (κ3) is 3.29. The standard InChI is InChI=1S/C16H16N4O2/c1-12-2-4-13(5-3-12)16(21)10-22-15-8-6-14(7-9-15)20-11-17-18-19-20/h2-9,11,16,21H,10H2,1H3. The highest BCUT2D eigenvalue weighted by molar-refractivity contribution is 5.36. The summed E-state index contributed by atoms with van der Waals surface area (Å²) in [5.41, 5.74) is 2.85. The number of aromatic nitrogens is 4. The number of hydrogen-bond donors (Lipinski definition) is 1. The predicted octanol–water partition coefficient (Wildman–Crippen LogP) is 2.08. The number of benzene rings is 2. The molecule has 6 nitrogen and oxygen atoms in total. The van der Waals surface area contributed by atoms with E-state index in [2.05, 4.69) is 15.5 Å². The van der Waals surface area contributed by atoms with Crippen molar-refractivity contribution in [3.8, 4) is 11.4 Å². The summed E-state index contributed by atoms with van der Waals surface area (Å²) < 4.78 is 7.17. The third-order valence-corrected chi connectivity index (χ3v) is 3.32. The minimum absolute atomic E-state index is 0.202. The molecule has 112 valence electrons. The summed E-state index contributed by atoms with van der Waals surface area (Å²) in [6.07, 6.45) is 0.872. The summed E-state index contributed by atoms with van der Waals surface area (Å²) >= 11 is 0. The van der Waals surface area contributed by atoms with Crippen LogP contribution < -0.4 is 4.74 Å². The average Bonchev–Trinajstić information content (AvgIpc) is 3.08. The van der Waals surface area contributed by atoms with E-state index in [1.807, 2.05) is 55.5 Å². The highest BCUT2D eigenvalue weighted by Crippen LogP contribution is 2.18. The van der Waals surface area contributed by atoms with Crippen molar-refractivity contribution in [2.45, 2.75) is 13.0 Å². The van der Waals surface area contributed by atoms with Crippen LogP contribution in [0.25, 0.3) is 5.69 Å².